The van der Waals surface area contributed by atoms with Crippen molar-refractivity contribution in [3.8, 4) is 0 Å². The van der Waals surface area contributed by atoms with Crippen molar-refractivity contribution < 1.29 is 4.74 Å². The first kappa shape index (κ1) is 11.7. The Morgan fingerprint density at radius 2 is 2.29 bits per heavy atom. The third kappa shape index (κ3) is 3.42. The molecule has 1 aromatic rings. The van der Waals surface area contributed by atoms with Crippen LogP contribution >= 0.6 is 23.2 Å². The topological polar surface area (TPSA) is 48.1 Å². The number of pyridine rings is 1. The van der Waals surface area contributed by atoms with Gasteiger partial charge in [0.2, 0.25) is 0 Å². The number of nitrogens with zero attached hydrogens (tertiary/aromatic N) is 1. The molecule has 1 aromatic heterocycles. The summed E-state index contributed by atoms with van der Waals surface area (Å²) in [4.78, 5) is 4.10. The van der Waals surface area contributed by atoms with E-state index in [0.717, 1.165) is 5.69 Å². The van der Waals surface area contributed by atoms with E-state index in [1.807, 2.05) is 0 Å². The van der Waals surface area contributed by atoms with Gasteiger partial charge in [0.15, 0.2) is 0 Å². The predicted molar refractivity (Wildman–Crippen MR) is 57.8 cm³/mol. The van der Waals surface area contributed by atoms with E-state index in [9.17, 15) is 0 Å². The highest BCUT2D eigenvalue weighted by Gasteiger charge is 2.08. The Morgan fingerprint density at radius 1 is 1.57 bits per heavy atom. The lowest BCUT2D eigenvalue weighted by atomic mass is 10.1. The summed E-state index contributed by atoms with van der Waals surface area (Å²) in [7, 11) is 1.61. The minimum Gasteiger partial charge on any atom is -0.383 e. The number of hydrogen-bond acceptors (Lipinski definition) is 3. The van der Waals surface area contributed by atoms with Gasteiger partial charge in [-0.3, -0.25) is 4.98 Å². The van der Waals surface area contributed by atoms with Crippen molar-refractivity contribution in [1.82, 2.24) is 4.98 Å². The van der Waals surface area contributed by atoms with E-state index in [2.05, 4.69) is 4.98 Å². The number of hydrogen-bond donors (Lipinski definition) is 1. The largest absolute Gasteiger partial charge is 0.383 e. The van der Waals surface area contributed by atoms with Crippen molar-refractivity contribution in [1.29, 1.82) is 0 Å². The van der Waals surface area contributed by atoms with Gasteiger partial charge >= 0.3 is 0 Å². The average molecular weight is 235 g/mol. The molecule has 0 saturated heterocycles. The molecule has 0 aliphatic heterocycles. The molecule has 5 heteroatoms. The monoisotopic (exact) mass is 234 g/mol. The van der Waals surface area contributed by atoms with Crippen LogP contribution in [0.2, 0.25) is 10.0 Å². The summed E-state index contributed by atoms with van der Waals surface area (Å²) in [5.41, 5.74) is 6.52. The molecule has 0 amide bonds. The standard InChI is InChI=1S/C9H12Cl2N2O/c1-14-5-7(12)3-9-8(11)2-6(10)4-13-9/h2,4,7H,3,5,12H2,1H3. The minimum atomic E-state index is -0.0915. The summed E-state index contributed by atoms with van der Waals surface area (Å²) in [6.07, 6.45) is 2.14. The van der Waals surface area contributed by atoms with Crippen LogP contribution in [0.3, 0.4) is 0 Å². The smallest absolute Gasteiger partial charge is 0.0636 e. The van der Waals surface area contributed by atoms with E-state index >= 15 is 0 Å². The van der Waals surface area contributed by atoms with Crippen LogP contribution in [0.4, 0.5) is 0 Å². The van der Waals surface area contributed by atoms with Crippen molar-refractivity contribution >= 4 is 23.2 Å². The number of aromatic nitrogens is 1. The van der Waals surface area contributed by atoms with Gasteiger partial charge in [0.1, 0.15) is 0 Å². The summed E-state index contributed by atoms with van der Waals surface area (Å²) in [5, 5.41) is 1.07. The highest BCUT2D eigenvalue weighted by molar-refractivity contribution is 6.34. The van der Waals surface area contributed by atoms with E-state index < -0.39 is 0 Å². The Kier molecular flexibility index (Phi) is 4.62. The molecule has 3 nitrogen and oxygen atoms in total. The first-order chi connectivity index (χ1) is 6.63. The molecule has 2 N–H and O–H groups in total. The van der Waals surface area contributed by atoms with Crippen LogP contribution in [0, 0.1) is 0 Å². The molecule has 0 aliphatic rings. The SMILES string of the molecule is COCC(N)Cc1ncc(Cl)cc1Cl. The molecule has 0 bridgehead atoms. The summed E-state index contributed by atoms with van der Waals surface area (Å²) in [6, 6.07) is 1.57. The molecular weight excluding hydrogens is 223 g/mol. The van der Waals surface area contributed by atoms with Crippen molar-refractivity contribution in [3.63, 3.8) is 0 Å². The lowest BCUT2D eigenvalue weighted by Crippen LogP contribution is -2.28. The lowest BCUT2D eigenvalue weighted by molar-refractivity contribution is 0.179. The predicted octanol–water partition coefficient (Wildman–Crippen LogP) is 1.90. The zero-order valence-corrected chi connectivity index (χ0v) is 9.35. The molecule has 1 rings (SSSR count). The highest BCUT2D eigenvalue weighted by atomic mass is 35.5. The van der Waals surface area contributed by atoms with Crippen LogP contribution in [0.25, 0.3) is 0 Å². The maximum absolute atomic E-state index is 5.93. The van der Waals surface area contributed by atoms with Gasteiger partial charge in [0.25, 0.3) is 0 Å². The summed E-state index contributed by atoms with van der Waals surface area (Å²) < 4.78 is 4.92. The Hall–Kier alpha value is -0.350. The van der Waals surface area contributed by atoms with E-state index in [4.69, 9.17) is 33.7 Å². The third-order valence-corrected chi connectivity index (χ3v) is 2.25. The first-order valence-corrected chi connectivity index (χ1v) is 4.93. The summed E-state index contributed by atoms with van der Waals surface area (Å²) >= 11 is 11.6. The quantitative estimate of drug-likeness (QED) is 0.867. The molecule has 1 unspecified atom stereocenters. The van der Waals surface area contributed by atoms with Crippen LogP contribution in [-0.4, -0.2) is 24.7 Å². The number of rotatable bonds is 4. The molecule has 0 spiro atoms. The lowest BCUT2D eigenvalue weighted by Gasteiger charge is -2.10. The van der Waals surface area contributed by atoms with Gasteiger partial charge in [-0.15, -0.1) is 0 Å². The Bertz CT molecular complexity index is 307. The summed E-state index contributed by atoms with van der Waals surface area (Å²) in [6.45, 7) is 0.487. The van der Waals surface area contributed by atoms with Crippen molar-refractivity contribution in [2.45, 2.75) is 12.5 Å². The second-order valence-electron chi connectivity index (χ2n) is 3.00. The van der Waals surface area contributed by atoms with E-state index in [1.165, 1.54) is 0 Å². The second kappa shape index (κ2) is 5.51. The third-order valence-electron chi connectivity index (χ3n) is 1.72. The van der Waals surface area contributed by atoms with Gasteiger partial charge in [-0.2, -0.15) is 0 Å². The van der Waals surface area contributed by atoms with E-state index in [-0.39, 0.29) is 6.04 Å². The van der Waals surface area contributed by atoms with Crippen LogP contribution in [0.1, 0.15) is 5.69 Å². The minimum absolute atomic E-state index is 0.0915. The fraction of sp³-hybridized carbons (Fsp3) is 0.444. The molecule has 0 radical (unpaired) electrons. The fourth-order valence-corrected chi connectivity index (χ4v) is 1.57. The zero-order valence-electron chi connectivity index (χ0n) is 7.84. The highest BCUT2D eigenvalue weighted by Crippen LogP contribution is 2.19. The number of methoxy groups -OCH3 is 1. The summed E-state index contributed by atoms with van der Waals surface area (Å²) in [5.74, 6) is 0. The first-order valence-electron chi connectivity index (χ1n) is 4.18. The van der Waals surface area contributed by atoms with Crippen LogP contribution in [0.5, 0.6) is 0 Å². The van der Waals surface area contributed by atoms with Gasteiger partial charge < -0.3 is 10.5 Å². The normalized spacial score (nSPS) is 12.9. The molecule has 0 fully saturated rings. The molecule has 0 aromatic carbocycles. The van der Waals surface area contributed by atoms with E-state index in [0.29, 0.717) is 23.1 Å². The molecular formula is C9H12Cl2N2O. The fourth-order valence-electron chi connectivity index (χ4n) is 1.11. The molecule has 0 saturated carbocycles. The van der Waals surface area contributed by atoms with Gasteiger partial charge in [-0.05, 0) is 6.07 Å². The van der Waals surface area contributed by atoms with Crippen LogP contribution in [0.15, 0.2) is 12.3 Å². The number of halogens is 2. The number of ether oxygens (including phenoxy) is 1. The Morgan fingerprint density at radius 3 is 2.86 bits per heavy atom. The molecule has 0 aliphatic carbocycles. The maximum atomic E-state index is 5.93. The van der Waals surface area contributed by atoms with E-state index in [1.54, 1.807) is 19.4 Å². The van der Waals surface area contributed by atoms with Crippen molar-refractivity contribution in [2.75, 3.05) is 13.7 Å². The Labute approximate surface area is 93.2 Å². The Balaban J connectivity index is 2.67. The van der Waals surface area contributed by atoms with Gasteiger partial charge in [-0.25, -0.2) is 0 Å². The zero-order chi connectivity index (χ0) is 10.6. The molecule has 78 valence electrons. The van der Waals surface area contributed by atoms with Gasteiger partial charge in [0.05, 0.1) is 22.3 Å². The average Bonchev–Trinajstić information content (AvgIpc) is 2.10. The molecule has 14 heavy (non-hydrogen) atoms. The van der Waals surface area contributed by atoms with Gasteiger partial charge in [-0.1, -0.05) is 23.2 Å². The van der Waals surface area contributed by atoms with Crippen LogP contribution in [-0.2, 0) is 11.2 Å². The molecule has 1 atom stereocenters. The van der Waals surface area contributed by atoms with Crippen molar-refractivity contribution in [3.05, 3.63) is 28.0 Å². The van der Waals surface area contributed by atoms with Crippen LogP contribution < -0.4 is 5.73 Å². The van der Waals surface area contributed by atoms with Crippen molar-refractivity contribution in [2.24, 2.45) is 5.73 Å². The number of nitrogens with two attached hydrogens (primary N) is 1. The van der Waals surface area contributed by atoms with Gasteiger partial charge in [0, 0.05) is 25.8 Å². The maximum Gasteiger partial charge on any atom is 0.0636 e. The second-order valence-corrected chi connectivity index (χ2v) is 3.85. The molecule has 1 heterocycles.